The summed E-state index contributed by atoms with van der Waals surface area (Å²) in [4.78, 5) is 0. The van der Waals surface area contributed by atoms with Crippen LogP contribution in [0.4, 0.5) is 4.39 Å². The lowest BCUT2D eigenvalue weighted by molar-refractivity contribution is 0.0646. The van der Waals surface area contributed by atoms with E-state index in [1.807, 2.05) is 0 Å². The van der Waals surface area contributed by atoms with E-state index in [0.29, 0.717) is 26.1 Å². The molecule has 0 aromatic rings. The highest BCUT2D eigenvalue weighted by molar-refractivity contribution is 4.57. The molecule has 68 valence electrons. The van der Waals surface area contributed by atoms with Gasteiger partial charge in [-0.25, -0.2) is 0 Å². The van der Waals surface area contributed by atoms with Crippen LogP contribution in [-0.4, -0.2) is 44.7 Å². The van der Waals surface area contributed by atoms with Gasteiger partial charge in [-0.2, -0.15) is 0 Å². The average Bonchev–Trinajstić information content (AvgIpc) is 1.99. The second-order valence-electron chi connectivity index (χ2n) is 2.36. The summed E-state index contributed by atoms with van der Waals surface area (Å²) in [5.41, 5.74) is 0. The average molecular weight is 165 g/mol. The molecule has 0 saturated heterocycles. The van der Waals surface area contributed by atoms with Crippen molar-refractivity contribution in [3.63, 3.8) is 0 Å². The third-order valence-corrected chi connectivity index (χ3v) is 1.23. The van der Waals surface area contributed by atoms with E-state index in [1.54, 1.807) is 0 Å². The number of halogens is 1. The van der Waals surface area contributed by atoms with Gasteiger partial charge < -0.3 is 15.2 Å². The molecule has 0 aliphatic rings. The lowest BCUT2D eigenvalue weighted by atomic mass is 10.3. The molecule has 0 aliphatic carbocycles. The van der Waals surface area contributed by atoms with Gasteiger partial charge in [0.2, 0.25) is 0 Å². The van der Waals surface area contributed by atoms with E-state index in [4.69, 9.17) is 9.84 Å². The van der Waals surface area contributed by atoms with E-state index >= 15 is 0 Å². The first-order valence-corrected chi connectivity index (χ1v) is 3.75. The third-order valence-electron chi connectivity index (χ3n) is 1.23. The molecule has 1 unspecified atom stereocenters. The maximum absolute atomic E-state index is 11.5. The zero-order valence-electron chi connectivity index (χ0n) is 6.85. The molecule has 2 N–H and O–H groups in total. The van der Waals surface area contributed by atoms with Crippen molar-refractivity contribution >= 4 is 0 Å². The van der Waals surface area contributed by atoms with Crippen molar-refractivity contribution in [2.24, 2.45) is 0 Å². The van der Waals surface area contributed by atoms with Crippen molar-refractivity contribution in [2.45, 2.75) is 12.5 Å². The summed E-state index contributed by atoms with van der Waals surface area (Å²) in [5, 5.41) is 12.0. The number of hydrogen-bond acceptors (Lipinski definition) is 3. The predicted molar refractivity (Wildman–Crippen MR) is 41.3 cm³/mol. The molecule has 0 rings (SSSR count). The molecule has 3 nitrogen and oxygen atoms in total. The molecule has 0 heterocycles. The minimum atomic E-state index is -0.486. The second-order valence-corrected chi connectivity index (χ2v) is 2.36. The molecule has 4 heteroatoms. The zero-order chi connectivity index (χ0) is 8.53. The van der Waals surface area contributed by atoms with Crippen LogP contribution in [0.1, 0.15) is 6.42 Å². The van der Waals surface area contributed by atoms with Crippen molar-refractivity contribution in [2.75, 3.05) is 33.5 Å². The van der Waals surface area contributed by atoms with Crippen molar-refractivity contribution in [1.29, 1.82) is 0 Å². The van der Waals surface area contributed by atoms with Crippen LogP contribution >= 0.6 is 0 Å². The van der Waals surface area contributed by atoms with Gasteiger partial charge in [0.25, 0.3) is 0 Å². The van der Waals surface area contributed by atoms with Crippen LogP contribution in [0.25, 0.3) is 0 Å². The molecule has 0 fully saturated rings. The fourth-order valence-electron chi connectivity index (χ4n) is 0.712. The fourth-order valence-corrected chi connectivity index (χ4v) is 0.712. The number of aliphatic hydroxyl groups is 1. The summed E-state index contributed by atoms with van der Waals surface area (Å²) in [6.45, 7) is 1.08. The molecule has 0 spiro atoms. The Bertz CT molecular complexity index is 82.8. The van der Waals surface area contributed by atoms with Crippen molar-refractivity contribution in [3.8, 4) is 0 Å². The largest absolute Gasteiger partial charge is 0.389 e. The van der Waals surface area contributed by atoms with E-state index < -0.39 is 6.10 Å². The lowest BCUT2D eigenvalue weighted by Crippen LogP contribution is -2.30. The van der Waals surface area contributed by atoms with Gasteiger partial charge in [0.05, 0.1) is 19.4 Å². The monoisotopic (exact) mass is 165 g/mol. The number of hydrogen-bond donors (Lipinski definition) is 2. The molecule has 0 saturated carbocycles. The topological polar surface area (TPSA) is 41.5 Å². The van der Waals surface area contributed by atoms with E-state index in [-0.39, 0.29) is 6.67 Å². The fraction of sp³-hybridized carbons (Fsp3) is 1.00. The standard InChI is InChI=1S/C7H16FNO2/c1-11-6-7(10)5-9-4-2-3-8/h7,9-10H,2-6H2,1H3. The second kappa shape index (κ2) is 7.91. The Balaban J connectivity index is 2.97. The van der Waals surface area contributed by atoms with Gasteiger partial charge in [0, 0.05) is 13.7 Å². The van der Waals surface area contributed by atoms with Gasteiger partial charge in [0.1, 0.15) is 0 Å². The Morgan fingerprint density at radius 1 is 1.64 bits per heavy atom. The van der Waals surface area contributed by atoms with E-state index in [2.05, 4.69) is 5.32 Å². The Hall–Kier alpha value is -0.190. The van der Waals surface area contributed by atoms with E-state index in [0.717, 1.165) is 0 Å². The SMILES string of the molecule is COCC(O)CNCCCF. The first-order chi connectivity index (χ1) is 5.31. The van der Waals surface area contributed by atoms with Crippen LogP contribution < -0.4 is 5.32 Å². The number of aliphatic hydroxyl groups excluding tert-OH is 1. The molecular weight excluding hydrogens is 149 g/mol. The van der Waals surface area contributed by atoms with Crippen molar-refractivity contribution in [3.05, 3.63) is 0 Å². The van der Waals surface area contributed by atoms with Gasteiger partial charge in [0.15, 0.2) is 0 Å². The van der Waals surface area contributed by atoms with Crippen LogP contribution in [0.3, 0.4) is 0 Å². The highest BCUT2D eigenvalue weighted by Crippen LogP contribution is 1.82. The van der Waals surface area contributed by atoms with Crippen molar-refractivity contribution in [1.82, 2.24) is 5.32 Å². The summed E-state index contributed by atoms with van der Waals surface area (Å²) >= 11 is 0. The molecular formula is C7H16FNO2. The van der Waals surface area contributed by atoms with Gasteiger partial charge in [-0.1, -0.05) is 0 Å². The molecule has 11 heavy (non-hydrogen) atoms. The summed E-state index contributed by atoms with van der Waals surface area (Å²) in [7, 11) is 1.53. The Labute approximate surface area is 66.6 Å². The van der Waals surface area contributed by atoms with Crippen LogP contribution in [0.2, 0.25) is 0 Å². The van der Waals surface area contributed by atoms with Crippen molar-refractivity contribution < 1.29 is 14.2 Å². The molecule has 0 aromatic heterocycles. The Kier molecular flexibility index (Phi) is 7.78. The minimum Gasteiger partial charge on any atom is -0.389 e. The van der Waals surface area contributed by atoms with E-state index in [9.17, 15) is 4.39 Å². The number of rotatable bonds is 7. The van der Waals surface area contributed by atoms with Crippen LogP contribution in [-0.2, 0) is 4.74 Å². The number of methoxy groups -OCH3 is 1. The Morgan fingerprint density at radius 2 is 2.36 bits per heavy atom. The predicted octanol–water partition coefficient (Wildman–Crippen LogP) is -0.0571. The highest BCUT2D eigenvalue weighted by atomic mass is 19.1. The molecule has 0 aliphatic heterocycles. The van der Waals surface area contributed by atoms with Gasteiger partial charge in [-0.15, -0.1) is 0 Å². The highest BCUT2D eigenvalue weighted by Gasteiger charge is 2.00. The van der Waals surface area contributed by atoms with Gasteiger partial charge in [-0.05, 0) is 13.0 Å². The third kappa shape index (κ3) is 7.71. The smallest absolute Gasteiger partial charge is 0.0906 e. The number of nitrogens with one attached hydrogen (secondary N) is 1. The molecule has 0 bridgehead atoms. The van der Waals surface area contributed by atoms with Crippen LogP contribution in [0, 0.1) is 0 Å². The first kappa shape index (κ1) is 10.8. The quantitative estimate of drug-likeness (QED) is 0.519. The molecule has 1 atom stereocenters. The number of alkyl halides is 1. The molecule has 0 amide bonds. The minimum absolute atomic E-state index is 0.312. The maximum Gasteiger partial charge on any atom is 0.0906 e. The van der Waals surface area contributed by atoms with Crippen LogP contribution in [0.5, 0.6) is 0 Å². The molecule has 0 aromatic carbocycles. The zero-order valence-corrected chi connectivity index (χ0v) is 6.85. The summed E-state index contributed by atoms with van der Waals surface area (Å²) in [6, 6.07) is 0. The maximum atomic E-state index is 11.5. The first-order valence-electron chi connectivity index (χ1n) is 3.75. The molecule has 0 radical (unpaired) electrons. The summed E-state index contributed by atoms with van der Waals surface area (Å²) in [6.07, 6.45) is 0.0132. The lowest BCUT2D eigenvalue weighted by Gasteiger charge is -2.09. The van der Waals surface area contributed by atoms with Gasteiger partial charge >= 0.3 is 0 Å². The van der Waals surface area contributed by atoms with Gasteiger partial charge in [-0.3, -0.25) is 4.39 Å². The van der Waals surface area contributed by atoms with E-state index in [1.165, 1.54) is 7.11 Å². The summed E-state index contributed by atoms with van der Waals surface area (Å²) in [5.74, 6) is 0. The Morgan fingerprint density at radius 3 is 2.91 bits per heavy atom. The number of ether oxygens (including phenoxy) is 1. The normalized spacial score (nSPS) is 13.4. The van der Waals surface area contributed by atoms with Crippen LogP contribution in [0.15, 0.2) is 0 Å². The summed E-state index contributed by atoms with van der Waals surface area (Å²) < 4.78 is 16.2.